The Hall–Kier alpha value is -1.23. The maximum Gasteiger partial charge on any atom is 0.179 e. The van der Waals surface area contributed by atoms with Gasteiger partial charge in [0.2, 0.25) is 0 Å². The minimum atomic E-state index is -3.40. The van der Waals surface area contributed by atoms with Gasteiger partial charge in [-0.15, -0.1) is 0 Å². The molecule has 1 aliphatic heterocycles. The predicted octanol–water partition coefficient (Wildman–Crippen LogP) is 1.29. The molecule has 0 aromatic heterocycles. The first-order valence-corrected chi connectivity index (χ1v) is 6.16. The van der Waals surface area contributed by atoms with Crippen molar-refractivity contribution in [2.45, 2.75) is 17.2 Å². The molecule has 2 rings (SSSR count). The molecule has 80 valence electrons. The summed E-state index contributed by atoms with van der Waals surface area (Å²) in [5.74, 6) is -1.23. The van der Waals surface area contributed by atoms with Gasteiger partial charge in [0.1, 0.15) is 12.1 Å². The van der Waals surface area contributed by atoms with E-state index in [1.165, 1.54) is 18.2 Å². The van der Waals surface area contributed by atoms with Gasteiger partial charge in [0.25, 0.3) is 0 Å². The van der Waals surface area contributed by atoms with Gasteiger partial charge in [-0.2, -0.15) is 0 Å². The first-order chi connectivity index (χ1) is 7.06. The van der Waals surface area contributed by atoms with E-state index in [-0.39, 0.29) is 22.6 Å². The van der Waals surface area contributed by atoms with E-state index in [2.05, 4.69) is 0 Å². The van der Waals surface area contributed by atoms with Crippen molar-refractivity contribution in [1.29, 1.82) is 0 Å². The average molecular weight is 228 g/mol. The van der Waals surface area contributed by atoms with E-state index in [0.717, 1.165) is 0 Å². The molecule has 1 aromatic rings. The third-order valence-corrected chi connectivity index (χ3v) is 4.42. The number of fused-ring (bicyclic) bond motifs is 1. The van der Waals surface area contributed by atoms with Crippen LogP contribution in [0.4, 0.5) is 4.39 Å². The van der Waals surface area contributed by atoms with Gasteiger partial charge in [-0.25, -0.2) is 12.8 Å². The van der Waals surface area contributed by atoms with E-state index in [1.54, 1.807) is 0 Å². The smallest absolute Gasteiger partial charge is 0.179 e. The lowest BCUT2D eigenvalue weighted by atomic mass is 9.98. The molecule has 0 radical (unpaired) electrons. The van der Waals surface area contributed by atoms with Gasteiger partial charge in [0.15, 0.2) is 9.84 Å². The summed E-state index contributed by atoms with van der Waals surface area (Å²) in [6.45, 7) is 0. The van der Waals surface area contributed by atoms with Crippen molar-refractivity contribution in [2.24, 2.45) is 0 Å². The molecule has 0 amide bonds. The SMILES string of the molecule is O=CCC1CS(=O)(=O)c2cccc(F)c21. The van der Waals surface area contributed by atoms with Crippen molar-refractivity contribution in [2.75, 3.05) is 5.75 Å². The minimum Gasteiger partial charge on any atom is -0.303 e. The van der Waals surface area contributed by atoms with Crippen LogP contribution in [0.25, 0.3) is 0 Å². The van der Waals surface area contributed by atoms with E-state index in [4.69, 9.17) is 0 Å². The molecule has 0 fully saturated rings. The van der Waals surface area contributed by atoms with Crippen LogP contribution in [0.3, 0.4) is 0 Å². The lowest BCUT2D eigenvalue weighted by Crippen LogP contribution is -2.04. The molecule has 3 nitrogen and oxygen atoms in total. The summed E-state index contributed by atoms with van der Waals surface area (Å²) in [4.78, 5) is 10.4. The monoisotopic (exact) mass is 228 g/mol. The maximum atomic E-state index is 13.4. The summed E-state index contributed by atoms with van der Waals surface area (Å²) in [7, 11) is -3.40. The van der Waals surface area contributed by atoms with Gasteiger partial charge >= 0.3 is 0 Å². The zero-order valence-corrected chi connectivity index (χ0v) is 8.63. The Bertz CT molecular complexity index is 507. The molecule has 0 N–H and O–H groups in total. The van der Waals surface area contributed by atoms with Crippen LogP contribution in [-0.2, 0) is 14.6 Å². The van der Waals surface area contributed by atoms with Crippen LogP contribution in [0.15, 0.2) is 23.1 Å². The molecule has 0 saturated heterocycles. The highest BCUT2D eigenvalue weighted by atomic mass is 32.2. The van der Waals surface area contributed by atoms with Crippen molar-refractivity contribution < 1.29 is 17.6 Å². The lowest BCUT2D eigenvalue weighted by Gasteiger charge is -2.05. The Balaban J connectivity index is 2.63. The van der Waals surface area contributed by atoms with Crippen molar-refractivity contribution in [3.8, 4) is 0 Å². The third-order valence-electron chi connectivity index (χ3n) is 2.56. The summed E-state index contributed by atoms with van der Waals surface area (Å²) < 4.78 is 36.6. The van der Waals surface area contributed by atoms with Gasteiger partial charge in [0.05, 0.1) is 10.6 Å². The maximum absolute atomic E-state index is 13.4. The van der Waals surface area contributed by atoms with Crippen LogP contribution in [0, 0.1) is 5.82 Å². The zero-order chi connectivity index (χ0) is 11.1. The first-order valence-electron chi connectivity index (χ1n) is 4.51. The van der Waals surface area contributed by atoms with Gasteiger partial charge < -0.3 is 4.79 Å². The van der Waals surface area contributed by atoms with Crippen LogP contribution >= 0.6 is 0 Å². The van der Waals surface area contributed by atoms with Crippen molar-refractivity contribution in [3.05, 3.63) is 29.6 Å². The highest BCUT2D eigenvalue weighted by Gasteiger charge is 2.36. The van der Waals surface area contributed by atoms with E-state index < -0.39 is 21.6 Å². The third kappa shape index (κ3) is 1.56. The normalized spacial score (nSPS) is 22.3. The molecule has 1 atom stereocenters. The Labute approximate surface area is 86.8 Å². The molecule has 0 aliphatic carbocycles. The minimum absolute atomic E-state index is 0.0364. The van der Waals surface area contributed by atoms with Crippen LogP contribution in [0.5, 0.6) is 0 Å². The summed E-state index contributed by atoms with van der Waals surface area (Å²) in [6, 6.07) is 3.98. The van der Waals surface area contributed by atoms with Gasteiger partial charge in [-0.3, -0.25) is 0 Å². The molecule has 0 saturated carbocycles. The van der Waals surface area contributed by atoms with Crippen LogP contribution < -0.4 is 0 Å². The van der Waals surface area contributed by atoms with Gasteiger partial charge in [-0.1, -0.05) is 6.07 Å². The van der Waals surface area contributed by atoms with E-state index in [9.17, 15) is 17.6 Å². The molecule has 0 spiro atoms. The first kappa shape index (κ1) is 10.3. The number of benzene rings is 1. The summed E-state index contributed by atoms with van der Waals surface area (Å²) in [5.41, 5.74) is 0.171. The second-order valence-electron chi connectivity index (χ2n) is 3.53. The second kappa shape index (κ2) is 3.41. The number of aldehydes is 1. The van der Waals surface area contributed by atoms with E-state index in [0.29, 0.717) is 6.29 Å². The van der Waals surface area contributed by atoms with Crippen molar-refractivity contribution in [3.63, 3.8) is 0 Å². The fourth-order valence-corrected chi connectivity index (χ4v) is 3.82. The van der Waals surface area contributed by atoms with Crippen LogP contribution in [-0.4, -0.2) is 20.5 Å². The molecule has 15 heavy (non-hydrogen) atoms. The molecule has 1 aliphatic rings. The number of sulfone groups is 1. The molecule has 1 heterocycles. The van der Waals surface area contributed by atoms with Crippen molar-refractivity contribution >= 4 is 16.1 Å². The number of halogens is 1. The van der Waals surface area contributed by atoms with E-state index in [1.807, 2.05) is 0 Å². The largest absolute Gasteiger partial charge is 0.303 e. The highest BCUT2D eigenvalue weighted by Crippen LogP contribution is 2.37. The predicted molar refractivity (Wildman–Crippen MR) is 51.9 cm³/mol. The Kier molecular flexibility index (Phi) is 2.34. The standard InChI is InChI=1S/C10H9FO3S/c11-8-2-1-3-9-10(8)7(4-5-12)6-15(9,13)14/h1-3,5,7H,4,6H2. The molecule has 0 bridgehead atoms. The number of hydrogen-bond acceptors (Lipinski definition) is 3. The Morgan fingerprint density at radius 1 is 1.47 bits per heavy atom. The average Bonchev–Trinajstić information content (AvgIpc) is 2.41. The van der Waals surface area contributed by atoms with Crippen LogP contribution in [0.2, 0.25) is 0 Å². The molecular formula is C10H9FO3S. The van der Waals surface area contributed by atoms with Crippen LogP contribution in [0.1, 0.15) is 17.9 Å². The number of rotatable bonds is 2. The summed E-state index contributed by atoms with van der Waals surface area (Å²) in [5, 5.41) is 0. The summed E-state index contributed by atoms with van der Waals surface area (Å²) in [6.07, 6.45) is 0.675. The Morgan fingerprint density at radius 3 is 2.87 bits per heavy atom. The lowest BCUT2D eigenvalue weighted by molar-refractivity contribution is -0.108. The van der Waals surface area contributed by atoms with Gasteiger partial charge in [0, 0.05) is 17.9 Å². The number of carbonyl (C=O) groups excluding carboxylic acids is 1. The highest BCUT2D eigenvalue weighted by molar-refractivity contribution is 7.91. The topological polar surface area (TPSA) is 51.2 Å². The number of hydrogen-bond donors (Lipinski definition) is 0. The number of carbonyl (C=O) groups is 1. The van der Waals surface area contributed by atoms with E-state index >= 15 is 0 Å². The Morgan fingerprint density at radius 2 is 2.20 bits per heavy atom. The van der Waals surface area contributed by atoms with Crippen molar-refractivity contribution in [1.82, 2.24) is 0 Å². The fourth-order valence-electron chi connectivity index (χ4n) is 1.92. The molecular weight excluding hydrogens is 219 g/mol. The van der Waals surface area contributed by atoms with Gasteiger partial charge in [-0.05, 0) is 12.1 Å². The second-order valence-corrected chi connectivity index (χ2v) is 5.54. The molecule has 5 heteroatoms. The quantitative estimate of drug-likeness (QED) is 0.716. The fraction of sp³-hybridized carbons (Fsp3) is 0.300. The zero-order valence-electron chi connectivity index (χ0n) is 7.81. The molecule has 1 aromatic carbocycles. The summed E-state index contributed by atoms with van der Waals surface area (Å²) >= 11 is 0. The molecule has 1 unspecified atom stereocenters.